The fourth-order valence-electron chi connectivity index (χ4n) is 3.01. The van der Waals surface area contributed by atoms with Crippen LogP contribution in [0.3, 0.4) is 0 Å². The van der Waals surface area contributed by atoms with E-state index in [0.29, 0.717) is 38.6 Å². The minimum Gasteiger partial charge on any atom is -0.467 e. The van der Waals surface area contributed by atoms with Crippen molar-refractivity contribution in [1.29, 1.82) is 0 Å². The summed E-state index contributed by atoms with van der Waals surface area (Å²) in [4.78, 5) is 23.9. The molecule has 2 heterocycles. The standard InChI is InChI=1S/C13H19NO5/c1-17-12(16)13(3-4-13)14-11(15)10-9-2-5-18-6-8(9)7-19-10/h8-10H,2-7H2,1H3,(H,14,15). The lowest BCUT2D eigenvalue weighted by Gasteiger charge is -2.27. The van der Waals surface area contributed by atoms with Gasteiger partial charge in [-0.05, 0) is 19.3 Å². The van der Waals surface area contributed by atoms with Crippen LogP contribution in [0.4, 0.5) is 0 Å². The molecule has 1 aliphatic carbocycles. The van der Waals surface area contributed by atoms with Gasteiger partial charge in [0, 0.05) is 18.4 Å². The third kappa shape index (κ3) is 2.23. The average molecular weight is 269 g/mol. The summed E-state index contributed by atoms with van der Waals surface area (Å²) in [5.41, 5.74) is -0.793. The molecule has 3 aliphatic rings. The molecule has 3 rings (SSSR count). The molecule has 106 valence electrons. The van der Waals surface area contributed by atoms with Crippen molar-refractivity contribution in [2.24, 2.45) is 11.8 Å². The van der Waals surface area contributed by atoms with E-state index >= 15 is 0 Å². The van der Waals surface area contributed by atoms with Crippen LogP contribution in [-0.2, 0) is 23.8 Å². The average Bonchev–Trinajstić information content (AvgIpc) is 3.08. The Morgan fingerprint density at radius 2 is 2.11 bits per heavy atom. The first kappa shape index (κ1) is 12.9. The van der Waals surface area contributed by atoms with E-state index in [9.17, 15) is 9.59 Å². The number of amides is 1. The van der Waals surface area contributed by atoms with Crippen LogP contribution in [0.15, 0.2) is 0 Å². The number of rotatable bonds is 3. The summed E-state index contributed by atoms with van der Waals surface area (Å²) >= 11 is 0. The van der Waals surface area contributed by atoms with Crippen molar-refractivity contribution in [3.8, 4) is 0 Å². The number of methoxy groups -OCH3 is 1. The second-order valence-corrected chi connectivity index (χ2v) is 5.60. The zero-order valence-corrected chi connectivity index (χ0v) is 11.0. The van der Waals surface area contributed by atoms with Gasteiger partial charge in [-0.25, -0.2) is 4.79 Å². The van der Waals surface area contributed by atoms with Crippen LogP contribution in [0.2, 0.25) is 0 Å². The van der Waals surface area contributed by atoms with Crippen molar-refractivity contribution in [3.63, 3.8) is 0 Å². The SMILES string of the molecule is COC(=O)C1(NC(=O)C2OCC3COCCC32)CC1. The van der Waals surface area contributed by atoms with E-state index in [0.717, 1.165) is 6.42 Å². The molecule has 2 aliphatic heterocycles. The number of ether oxygens (including phenoxy) is 3. The van der Waals surface area contributed by atoms with Gasteiger partial charge in [0.1, 0.15) is 11.6 Å². The first-order valence-electron chi connectivity index (χ1n) is 6.76. The smallest absolute Gasteiger partial charge is 0.331 e. The van der Waals surface area contributed by atoms with E-state index in [1.54, 1.807) is 0 Å². The maximum Gasteiger partial charge on any atom is 0.331 e. The van der Waals surface area contributed by atoms with Crippen molar-refractivity contribution < 1.29 is 23.8 Å². The largest absolute Gasteiger partial charge is 0.467 e. The number of fused-ring (bicyclic) bond motifs is 1. The highest BCUT2D eigenvalue weighted by Crippen LogP contribution is 2.38. The Kier molecular flexibility index (Phi) is 3.22. The van der Waals surface area contributed by atoms with Crippen LogP contribution in [-0.4, -0.2) is 50.4 Å². The van der Waals surface area contributed by atoms with Gasteiger partial charge < -0.3 is 19.5 Å². The van der Waals surface area contributed by atoms with E-state index in [1.165, 1.54) is 7.11 Å². The Bertz CT molecular complexity index is 392. The molecule has 3 unspecified atom stereocenters. The van der Waals surface area contributed by atoms with Crippen molar-refractivity contribution in [2.75, 3.05) is 26.9 Å². The van der Waals surface area contributed by atoms with E-state index in [-0.39, 0.29) is 17.8 Å². The number of nitrogens with one attached hydrogen (secondary N) is 1. The van der Waals surface area contributed by atoms with Gasteiger partial charge in [-0.2, -0.15) is 0 Å². The highest BCUT2D eigenvalue weighted by molar-refractivity contribution is 5.92. The minimum absolute atomic E-state index is 0.183. The molecule has 1 saturated carbocycles. The molecule has 3 fully saturated rings. The highest BCUT2D eigenvalue weighted by Gasteiger charge is 2.54. The minimum atomic E-state index is -0.793. The van der Waals surface area contributed by atoms with Gasteiger partial charge in [-0.15, -0.1) is 0 Å². The Morgan fingerprint density at radius 1 is 1.32 bits per heavy atom. The van der Waals surface area contributed by atoms with Crippen LogP contribution < -0.4 is 5.32 Å². The van der Waals surface area contributed by atoms with Crippen LogP contribution in [0.5, 0.6) is 0 Å². The van der Waals surface area contributed by atoms with Crippen LogP contribution in [0.25, 0.3) is 0 Å². The van der Waals surface area contributed by atoms with E-state index in [4.69, 9.17) is 14.2 Å². The summed E-state index contributed by atoms with van der Waals surface area (Å²) in [6.45, 7) is 1.90. The predicted octanol–water partition coefficient (Wildman–Crippen LogP) is -0.140. The van der Waals surface area contributed by atoms with Gasteiger partial charge in [-0.1, -0.05) is 0 Å². The number of hydrogen-bond acceptors (Lipinski definition) is 5. The molecule has 1 N–H and O–H groups in total. The molecular formula is C13H19NO5. The molecule has 2 saturated heterocycles. The lowest BCUT2D eigenvalue weighted by molar-refractivity contribution is -0.148. The first-order valence-corrected chi connectivity index (χ1v) is 6.76. The number of esters is 1. The monoisotopic (exact) mass is 269 g/mol. The van der Waals surface area contributed by atoms with E-state index in [1.807, 2.05) is 0 Å². The van der Waals surface area contributed by atoms with Crippen LogP contribution >= 0.6 is 0 Å². The fraction of sp³-hybridized carbons (Fsp3) is 0.846. The predicted molar refractivity (Wildman–Crippen MR) is 64.3 cm³/mol. The first-order chi connectivity index (χ1) is 9.16. The second kappa shape index (κ2) is 4.76. The molecule has 6 nitrogen and oxygen atoms in total. The summed E-state index contributed by atoms with van der Waals surface area (Å²) in [6, 6.07) is 0. The van der Waals surface area contributed by atoms with E-state index in [2.05, 4.69) is 5.32 Å². The lowest BCUT2D eigenvalue weighted by Crippen LogP contribution is -2.50. The molecule has 0 aromatic heterocycles. The third-order valence-electron chi connectivity index (χ3n) is 4.36. The molecule has 0 aromatic carbocycles. The van der Waals surface area contributed by atoms with Crippen LogP contribution in [0, 0.1) is 11.8 Å². The van der Waals surface area contributed by atoms with Crippen LogP contribution in [0.1, 0.15) is 19.3 Å². The van der Waals surface area contributed by atoms with Gasteiger partial charge in [0.2, 0.25) is 5.91 Å². The Hall–Kier alpha value is -1.14. The topological polar surface area (TPSA) is 73.9 Å². The Labute approximate surface area is 111 Å². The van der Waals surface area contributed by atoms with Gasteiger partial charge >= 0.3 is 5.97 Å². The number of hydrogen-bond donors (Lipinski definition) is 1. The summed E-state index contributed by atoms with van der Waals surface area (Å²) in [6.07, 6.45) is 1.69. The number of carbonyl (C=O) groups excluding carboxylic acids is 2. The highest BCUT2D eigenvalue weighted by atomic mass is 16.5. The molecular weight excluding hydrogens is 250 g/mol. The van der Waals surface area contributed by atoms with E-state index < -0.39 is 11.6 Å². The zero-order valence-electron chi connectivity index (χ0n) is 11.0. The molecule has 1 amide bonds. The molecule has 0 aromatic rings. The Balaban J connectivity index is 1.63. The maximum atomic E-state index is 12.3. The fourth-order valence-corrected chi connectivity index (χ4v) is 3.01. The van der Waals surface area contributed by atoms with Crippen molar-refractivity contribution in [3.05, 3.63) is 0 Å². The summed E-state index contributed by atoms with van der Waals surface area (Å²) in [5.74, 6) is -0.0281. The summed E-state index contributed by atoms with van der Waals surface area (Å²) in [5, 5.41) is 2.81. The van der Waals surface area contributed by atoms with Crippen molar-refractivity contribution in [2.45, 2.75) is 30.9 Å². The molecule has 6 heteroatoms. The zero-order chi connectivity index (χ0) is 13.5. The third-order valence-corrected chi connectivity index (χ3v) is 4.36. The van der Waals surface area contributed by atoms with Gasteiger partial charge in [0.15, 0.2) is 0 Å². The Morgan fingerprint density at radius 3 is 2.79 bits per heavy atom. The lowest BCUT2D eigenvalue weighted by atomic mass is 9.86. The second-order valence-electron chi connectivity index (χ2n) is 5.60. The van der Waals surface area contributed by atoms with Gasteiger partial charge in [0.25, 0.3) is 0 Å². The molecule has 0 bridgehead atoms. The van der Waals surface area contributed by atoms with Gasteiger partial charge in [-0.3, -0.25) is 4.79 Å². The normalized spacial score (nSPS) is 35.3. The molecule has 3 atom stereocenters. The molecule has 0 radical (unpaired) electrons. The number of carbonyl (C=O) groups is 2. The molecule has 19 heavy (non-hydrogen) atoms. The summed E-state index contributed by atoms with van der Waals surface area (Å²) in [7, 11) is 1.34. The molecule has 0 spiro atoms. The quantitative estimate of drug-likeness (QED) is 0.722. The summed E-state index contributed by atoms with van der Waals surface area (Å²) < 4.78 is 15.7. The van der Waals surface area contributed by atoms with Crippen molar-refractivity contribution >= 4 is 11.9 Å². The van der Waals surface area contributed by atoms with Gasteiger partial charge in [0.05, 0.1) is 20.3 Å². The van der Waals surface area contributed by atoms with Crippen molar-refractivity contribution in [1.82, 2.24) is 5.32 Å². The maximum absolute atomic E-state index is 12.3.